The predicted molar refractivity (Wildman–Crippen MR) is 108 cm³/mol. The molecule has 0 amide bonds. The van der Waals surface area contributed by atoms with E-state index in [1.54, 1.807) is 25.1 Å². The number of benzene rings is 2. The van der Waals surface area contributed by atoms with E-state index in [1.807, 2.05) is 18.2 Å². The van der Waals surface area contributed by atoms with Crippen molar-refractivity contribution in [3.63, 3.8) is 0 Å². The third-order valence-corrected chi connectivity index (χ3v) is 5.94. The number of esters is 1. The van der Waals surface area contributed by atoms with Gasteiger partial charge in [-0.15, -0.1) is 0 Å². The summed E-state index contributed by atoms with van der Waals surface area (Å²) in [5.74, 6) is -1.21. The number of ether oxygens (including phenoxy) is 1. The van der Waals surface area contributed by atoms with Gasteiger partial charge < -0.3 is 9.72 Å². The maximum atomic E-state index is 12.5. The Hall–Kier alpha value is -2.49. The number of fused-ring (bicyclic) bond motifs is 1. The molecule has 28 heavy (non-hydrogen) atoms. The second kappa shape index (κ2) is 8.26. The van der Waals surface area contributed by atoms with Gasteiger partial charge in [0.15, 0.2) is 6.61 Å². The number of hydrogen-bond acceptors (Lipinski definition) is 5. The molecule has 2 N–H and O–H groups in total. The number of ketones is 1. The first-order chi connectivity index (χ1) is 13.3. The lowest BCUT2D eigenvalue weighted by Crippen LogP contribution is -2.31. The molecule has 1 heterocycles. The third kappa shape index (κ3) is 4.49. The minimum absolute atomic E-state index is 0.0140. The fourth-order valence-electron chi connectivity index (χ4n) is 2.78. The van der Waals surface area contributed by atoms with Gasteiger partial charge in [-0.1, -0.05) is 40.2 Å². The molecule has 7 nitrogen and oxygen atoms in total. The molecule has 0 spiro atoms. The summed E-state index contributed by atoms with van der Waals surface area (Å²) in [7, 11) is -3.87. The zero-order chi connectivity index (χ0) is 20.3. The van der Waals surface area contributed by atoms with Gasteiger partial charge in [-0.05, 0) is 31.2 Å². The van der Waals surface area contributed by atoms with Crippen LogP contribution in [0.3, 0.4) is 0 Å². The molecule has 0 aliphatic carbocycles. The van der Waals surface area contributed by atoms with Gasteiger partial charge in [-0.3, -0.25) is 9.59 Å². The van der Waals surface area contributed by atoms with Crippen LogP contribution in [0.2, 0.25) is 0 Å². The summed E-state index contributed by atoms with van der Waals surface area (Å²) >= 11 is 3.19. The summed E-state index contributed by atoms with van der Waals surface area (Å²) in [6.45, 7) is 0.719. The van der Waals surface area contributed by atoms with Gasteiger partial charge in [0.25, 0.3) is 0 Å². The molecule has 0 radical (unpaired) electrons. The van der Waals surface area contributed by atoms with Crippen LogP contribution in [0.15, 0.2) is 57.9 Å². The van der Waals surface area contributed by atoms with E-state index in [2.05, 4.69) is 25.6 Å². The van der Waals surface area contributed by atoms with Gasteiger partial charge in [0.05, 0.1) is 4.90 Å². The molecule has 9 heteroatoms. The van der Waals surface area contributed by atoms with E-state index >= 15 is 0 Å². The van der Waals surface area contributed by atoms with Crippen molar-refractivity contribution >= 4 is 48.6 Å². The van der Waals surface area contributed by atoms with E-state index in [4.69, 9.17) is 4.74 Å². The molecule has 3 aromatic rings. The lowest BCUT2D eigenvalue weighted by atomic mass is 10.1. The molecular weight excluding hydrogens is 448 g/mol. The van der Waals surface area contributed by atoms with Crippen LogP contribution in [-0.2, 0) is 19.6 Å². The molecule has 146 valence electrons. The highest BCUT2D eigenvalue weighted by molar-refractivity contribution is 9.10. The van der Waals surface area contributed by atoms with E-state index in [0.29, 0.717) is 15.7 Å². The highest BCUT2D eigenvalue weighted by atomic mass is 79.9. The van der Waals surface area contributed by atoms with E-state index in [0.717, 1.165) is 10.9 Å². The minimum Gasteiger partial charge on any atom is -0.456 e. The van der Waals surface area contributed by atoms with Crippen molar-refractivity contribution in [3.05, 3.63) is 64.3 Å². The number of carbonyl (C=O) groups is 2. The fourth-order valence-corrected chi connectivity index (χ4v) is 4.34. The van der Waals surface area contributed by atoms with Crippen molar-refractivity contribution < 1.29 is 22.7 Å². The van der Waals surface area contributed by atoms with Crippen LogP contribution in [0.4, 0.5) is 0 Å². The average molecular weight is 465 g/mol. The topological polar surface area (TPSA) is 105 Å². The van der Waals surface area contributed by atoms with Crippen molar-refractivity contribution in [1.82, 2.24) is 9.71 Å². The van der Waals surface area contributed by atoms with Gasteiger partial charge in [-0.2, -0.15) is 4.72 Å². The lowest BCUT2D eigenvalue weighted by molar-refractivity contribution is -0.141. The zero-order valence-electron chi connectivity index (χ0n) is 14.9. The zero-order valence-corrected chi connectivity index (χ0v) is 17.3. The maximum Gasteiger partial charge on any atom is 0.321 e. The van der Waals surface area contributed by atoms with E-state index in [1.165, 1.54) is 12.1 Å². The number of rotatable bonds is 7. The number of Topliss-reactive ketones (excluding diaryl/α,β-unsaturated/α-hetero) is 1. The van der Waals surface area contributed by atoms with Crippen LogP contribution in [0.1, 0.15) is 16.1 Å². The smallest absolute Gasteiger partial charge is 0.321 e. The summed E-state index contributed by atoms with van der Waals surface area (Å²) in [6.07, 6.45) is 0. The number of aromatic nitrogens is 1. The Kier molecular flexibility index (Phi) is 5.97. The summed E-state index contributed by atoms with van der Waals surface area (Å²) < 4.78 is 32.1. The van der Waals surface area contributed by atoms with Crippen LogP contribution in [-0.4, -0.2) is 38.3 Å². The van der Waals surface area contributed by atoms with Crippen molar-refractivity contribution in [2.45, 2.75) is 11.8 Å². The summed E-state index contributed by atoms with van der Waals surface area (Å²) in [5, 5.41) is 0.747. The molecule has 0 saturated carbocycles. The molecule has 0 atom stereocenters. The largest absolute Gasteiger partial charge is 0.456 e. The SMILES string of the molecule is Cc1[nH]c2ccccc2c1C(=O)COC(=O)CNS(=O)(=O)c1cccc(Br)c1. The normalized spacial score (nSPS) is 11.5. The van der Waals surface area contributed by atoms with Gasteiger partial charge in [0.1, 0.15) is 6.54 Å². The van der Waals surface area contributed by atoms with E-state index < -0.39 is 29.1 Å². The summed E-state index contributed by atoms with van der Waals surface area (Å²) in [5.41, 5.74) is 1.95. The number of aryl methyl sites for hydroxylation is 1. The third-order valence-electron chi connectivity index (χ3n) is 4.05. The number of hydrogen-bond donors (Lipinski definition) is 2. The maximum absolute atomic E-state index is 12.5. The molecule has 0 saturated heterocycles. The Bertz CT molecular complexity index is 1150. The Labute approximate surface area is 170 Å². The van der Waals surface area contributed by atoms with Crippen LogP contribution in [0.25, 0.3) is 10.9 Å². The van der Waals surface area contributed by atoms with Crippen LogP contribution in [0.5, 0.6) is 0 Å². The lowest BCUT2D eigenvalue weighted by Gasteiger charge is -2.08. The second-order valence-corrected chi connectivity index (χ2v) is 8.72. The van der Waals surface area contributed by atoms with Crippen molar-refractivity contribution in [1.29, 1.82) is 0 Å². The number of H-pyrrole nitrogens is 1. The van der Waals surface area contributed by atoms with Crippen molar-refractivity contribution in [2.75, 3.05) is 13.2 Å². The molecule has 2 aromatic carbocycles. The predicted octanol–water partition coefficient (Wildman–Crippen LogP) is 2.94. The van der Waals surface area contributed by atoms with Crippen LogP contribution >= 0.6 is 15.9 Å². The molecule has 0 bridgehead atoms. The molecular formula is C19H17BrN2O5S. The average Bonchev–Trinajstić information content (AvgIpc) is 3.00. The Morgan fingerprint density at radius 2 is 1.89 bits per heavy atom. The Balaban J connectivity index is 1.60. The molecule has 0 unspecified atom stereocenters. The highest BCUT2D eigenvalue weighted by Crippen LogP contribution is 2.22. The first-order valence-corrected chi connectivity index (χ1v) is 10.6. The molecule has 3 rings (SSSR count). The van der Waals surface area contributed by atoms with Crippen LogP contribution in [0, 0.1) is 6.92 Å². The summed E-state index contributed by atoms with van der Waals surface area (Å²) in [4.78, 5) is 27.5. The standard InChI is InChI=1S/C19H17BrN2O5S/c1-12-19(15-7-2-3-8-16(15)22-12)17(23)11-27-18(24)10-21-28(25,26)14-6-4-5-13(20)9-14/h2-9,21-22H,10-11H2,1H3. The minimum atomic E-state index is -3.87. The number of para-hydroxylation sites is 1. The quantitative estimate of drug-likeness (QED) is 0.413. The van der Waals surface area contributed by atoms with Gasteiger partial charge in [-0.25, -0.2) is 8.42 Å². The monoisotopic (exact) mass is 464 g/mol. The second-order valence-electron chi connectivity index (χ2n) is 6.04. The Morgan fingerprint density at radius 1 is 1.14 bits per heavy atom. The molecule has 0 aliphatic heterocycles. The first-order valence-electron chi connectivity index (χ1n) is 8.29. The van der Waals surface area contributed by atoms with E-state index in [9.17, 15) is 18.0 Å². The number of halogens is 1. The number of sulfonamides is 1. The van der Waals surface area contributed by atoms with Gasteiger partial charge in [0.2, 0.25) is 15.8 Å². The summed E-state index contributed by atoms with van der Waals surface area (Å²) in [6, 6.07) is 13.4. The molecule has 0 fully saturated rings. The first kappa shape index (κ1) is 20.2. The van der Waals surface area contributed by atoms with Crippen molar-refractivity contribution in [2.24, 2.45) is 0 Å². The molecule has 0 aliphatic rings. The van der Waals surface area contributed by atoms with E-state index in [-0.39, 0.29) is 10.7 Å². The molecule has 1 aromatic heterocycles. The van der Waals surface area contributed by atoms with Gasteiger partial charge in [0, 0.05) is 26.6 Å². The van der Waals surface area contributed by atoms with Crippen LogP contribution < -0.4 is 4.72 Å². The highest BCUT2D eigenvalue weighted by Gasteiger charge is 2.19. The van der Waals surface area contributed by atoms with Crippen molar-refractivity contribution in [3.8, 4) is 0 Å². The number of nitrogens with one attached hydrogen (secondary N) is 2. The van der Waals surface area contributed by atoms with Gasteiger partial charge >= 0.3 is 5.97 Å². The number of aromatic amines is 1. The Morgan fingerprint density at radius 3 is 2.64 bits per heavy atom. The fraction of sp³-hybridized carbons (Fsp3) is 0.158. The number of carbonyl (C=O) groups excluding carboxylic acids is 2.